The number of rotatable bonds is 3. The van der Waals surface area contributed by atoms with Gasteiger partial charge in [0, 0.05) is 22.4 Å². The first-order valence-electron chi connectivity index (χ1n) is 7.40. The van der Waals surface area contributed by atoms with Crippen LogP contribution >= 0.6 is 0 Å². The summed E-state index contributed by atoms with van der Waals surface area (Å²) in [6.07, 6.45) is 5.43. The SMILES string of the molecule is Cc1cccc(/C(=C/c2ccc(C#N)cc2)c2c[n-]cn2)c1C.[Ta]. The van der Waals surface area contributed by atoms with Crippen LogP contribution in [0.1, 0.15) is 33.5 Å². The minimum absolute atomic E-state index is 0. The van der Waals surface area contributed by atoms with Gasteiger partial charge in [-0.05, 0) is 65.6 Å². The van der Waals surface area contributed by atoms with Crippen molar-refractivity contribution in [1.29, 1.82) is 5.26 Å². The Balaban J connectivity index is 0.00000208. The van der Waals surface area contributed by atoms with Crippen molar-refractivity contribution in [3.05, 3.63) is 88.5 Å². The first-order valence-corrected chi connectivity index (χ1v) is 7.40. The van der Waals surface area contributed by atoms with Gasteiger partial charge in [-0.1, -0.05) is 42.9 Å². The van der Waals surface area contributed by atoms with E-state index in [0.29, 0.717) is 5.56 Å². The average molecular weight is 479 g/mol. The molecule has 0 aliphatic carbocycles. The van der Waals surface area contributed by atoms with Crippen molar-refractivity contribution < 1.29 is 22.4 Å². The van der Waals surface area contributed by atoms with Crippen LogP contribution in [0.25, 0.3) is 11.6 Å². The predicted octanol–water partition coefficient (Wildman–Crippen LogP) is 4.11. The van der Waals surface area contributed by atoms with Gasteiger partial charge in [-0.2, -0.15) is 5.26 Å². The van der Waals surface area contributed by atoms with Gasteiger partial charge in [-0.25, -0.2) is 0 Å². The zero-order chi connectivity index (χ0) is 16.2. The Bertz CT molecular complexity index is 886. The van der Waals surface area contributed by atoms with Crippen LogP contribution in [0.2, 0.25) is 0 Å². The summed E-state index contributed by atoms with van der Waals surface area (Å²) < 4.78 is 0. The molecule has 0 amide bonds. The van der Waals surface area contributed by atoms with Gasteiger partial charge >= 0.3 is 0 Å². The van der Waals surface area contributed by atoms with Crippen LogP contribution in [0.4, 0.5) is 0 Å². The smallest absolute Gasteiger partial charge is 0.0991 e. The van der Waals surface area contributed by atoms with Gasteiger partial charge in [0.15, 0.2) is 0 Å². The number of nitriles is 1. The molecular weight excluding hydrogens is 463 g/mol. The number of nitrogens with zero attached hydrogens (tertiary/aromatic N) is 3. The largest absolute Gasteiger partial charge is 0.449 e. The summed E-state index contributed by atoms with van der Waals surface area (Å²) >= 11 is 0. The van der Waals surface area contributed by atoms with E-state index in [1.54, 1.807) is 12.5 Å². The minimum atomic E-state index is 0. The van der Waals surface area contributed by atoms with Crippen molar-refractivity contribution in [1.82, 2.24) is 9.97 Å². The van der Waals surface area contributed by atoms with Crippen LogP contribution in [-0.2, 0) is 22.4 Å². The third kappa shape index (κ3) is 3.74. The third-order valence-corrected chi connectivity index (χ3v) is 3.98. The van der Waals surface area contributed by atoms with E-state index >= 15 is 0 Å². The molecule has 0 atom stereocenters. The number of hydrogen-bond donors (Lipinski definition) is 0. The van der Waals surface area contributed by atoms with Crippen molar-refractivity contribution in [3.8, 4) is 6.07 Å². The molecule has 24 heavy (non-hydrogen) atoms. The van der Waals surface area contributed by atoms with Gasteiger partial charge in [-0.3, -0.25) is 0 Å². The molecule has 3 nitrogen and oxygen atoms in total. The number of hydrogen-bond acceptors (Lipinski definition) is 2. The van der Waals surface area contributed by atoms with Crippen LogP contribution in [0.3, 0.4) is 0 Å². The number of imidazole rings is 1. The first-order chi connectivity index (χ1) is 11.2. The molecule has 117 valence electrons. The van der Waals surface area contributed by atoms with Crippen LogP contribution < -0.4 is 4.98 Å². The minimum Gasteiger partial charge on any atom is -0.449 e. The molecule has 0 fully saturated rings. The second kappa shape index (κ2) is 7.94. The second-order valence-electron chi connectivity index (χ2n) is 5.45. The quantitative estimate of drug-likeness (QED) is 0.532. The van der Waals surface area contributed by atoms with E-state index < -0.39 is 0 Å². The van der Waals surface area contributed by atoms with Crippen molar-refractivity contribution in [2.24, 2.45) is 0 Å². The van der Waals surface area contributed by atoms with E-state index in [1.807, 2.05) is 24.3 Å². The molecule has 4 heteroatoms. The Morgan fingerprint density at radius 3 is 2.50 bits per heavy atom. The molecule has 3 aromatic rings. The molecule has 3 rings (SSSR count). The van der Waals surface area contributed by atoms with Crippen LogP contribution in [0, 0.1) is 25.2 Å². The van der Waals surface area contributed by atoms with Gasteiger partial charge in [-0.15, -0.1) is 0 Å². The summed E-state index contributed by atoms with van der Waals surface area (Å²) in [5.41, 5.74) is 7.20. The number of aromatic nitrogens is 2. The second-order valence-corrected chi connectivity index (χ2v) is 5.45. The monoisotopic (exact) mass is 479 g/mol. The molecule has 1 radical (unpaired) electrons. The van der Waals surface area contributed by atoms with Crippen molar-refractivity contribution in [2.75, 3.05) is 0 Å². The van der Waals surface area contributed by atoms with Gasteiger partial charge in [0.2, 0.25) is 0 Å². The maximum absolute atomic E-state index is 8.92. The summed E-state index contributed by atoms with van der Waals surface area (Å²) in [7, 11) is 0. The van der Waals surface area contributed by atoms with Gasteiger partial charge in [0.1, 0.15) is 0 Å². The molecule has 0 aliphatic rings. The maximum Gasteiger partial charge on any atom is 0.0991 e. The van der Waals surface area contributed by atoms with Gasteiger partial charge < -0.3 is 9.97 Å². The van der Waals surface area contributed by atoms with E-state index in [2.05, 4.69) is 54.2 Å². The Hall–Kier alpha value is -2.38. The van der Waals surface area contributed by atoms with Gasteiger partial charge in [0.25, 0.3) is 0 Å². The van der Waals surface area contributed by atoms with Crippen LogP contribution in [0.5, 0.6) is 0 Å². The molecule has 2 aromatic carbocycles. The molecule has 0 N–H and O–H groups in total. The zero-order valence-corrected chi connectivity index (χ0v) is 16.8. The fourth-order valence-corrected chi connectivity index (χ4v) is 2.52. The Morgan fingerprint density at radius 1 is 1.12 bits per heavy atom. The summed E-state index contributed by atoms with van der Waals surface area (Å²) in [5, 5.41) is 8.92. The fourth-order valence-electron chi connectivity index (χ4n) is 2.52. The summed E-state index contributed by atoms with van der Waals surface area (Å²) in [6.45, 7) is 4.22. The molecule has 0 unspecified atom stereocenters. The van der Waals surface area contributed by atoms with E-state index in [4.69, 9.17) is 5.26 Å². The molecule has 0 aliphatic heterocycles. The molecule has 1 aromatic heterocycles. The zero-order valence-electron chi connectivity index (χ0n) is 13.6. The summed E-state index contributed by atoms with van der Waals surface area (Å²) in [6, 6.07) is 15.9. The number of benzene rings is 2. The van der Waals surface area contributed by atoms with E-state index in [-0.39, 0.29) is 22.4 Å². The first kappa shape index (κ1) is 18.0. The van der Waals surface area contributed by atoms with Crippen molar-refractivity contribution in [2.45, 2.75) is 13.8 Å². The van der Waals surface area contributed by atoms with E-state index in [1.165, 1.54) is 11.1 Å². The molecule has 0 saturated heterocycles. The van der Waals surface area contributed by atoms with Crippen LogP contribution in [-0.4, -0.2) is 4.98 Å². The fraction of sp³-hybridized carbons (Fsp3) is 0.100. The Morgan fingerprint density at radius 2 is 1.88 bits per heavy atom. The van der Waals surface area contributed by atoms with E-state index in [9.17, 15) is 0 Å². The van der Waals surface area contributed by atoms with Crippen molar-refractivity contribution >= 4 is 11.6 Å². The van der Waals surface area contributed by atoms with Gasteiger partial charge in [0.05, 0.1) is 11.6 Å². The van der Waals surface area contributed by atoms with Crippen LogP contribution in [0.15, 0.2) is 55.0 Å². The molecule has 0 saturated carbocycles. The normalized spacial score (nSPS) is 10.8. The predicted molar refractivity (Wildman–Crippen MR) is 91.6 cm³/mol. The maximum atomic E-state index is 8.92. The van der Waals surface area contributed by atoms with Crippen molar-refractivity contribution in [3.63, 3.8) is 0 Å². The topological polar surface area (TPSA) is 50.8 Å². The summed E-state index contributed by atoms with van der Waals surface area (Å²) in [5.74, 6) is 0. The third-order valence-electron chi connectivity index (χ3n) is 3.98. The molecule has 0 spiro atoms. The standard InChI is InChI=1S/C20H16N3.Ta/c1-14-4-3-5-18(15(14)2)19(20-12-22-13-23-20)10-16-6-8-17(11-21)9-7-16;/h3-10,12-13H,1-2H3;/q-1;/b19-10-;. The Labute approximate surface area is 157 Å². The van der Waals surface area contributed by atoms with E-state index in [0.717, 1.165) is 22.4 Å². The molecule has 1 heterocycles. The average Bonchev–Trinajstić information content (AvgIpc) is 3.10. The molecular formula is C20H16N3Ta-. The Kier molecular flexibility index (Phi) is 5.94. The molecule has 0 bridgehead atoms. The summed E-state index contributed by atoms with van der Waals surface area (Å²) in [4.78, 5) is 8.46. The number of aryl methyl sites for hydroxylation is 1.